The summed E-state index contributed by atoms with van der Waals surface area (Å²) in [5, 5.41) is 16.3. The van der Waals surface area contributed by atoms with Crippen molar-refractivity contribution in [2.24, 2.45) is 0 Å². The highest BCUT2D eigenvalue weighted by Crippen LogP contribution is 2.13. The monoisotopic (exact) mass is 261 g/mol. The van der Waals surface area contributed by atoms with Gasteiger partial charge < -0.3 is 9.84 Å². The van der Waals surface area contributed by atoms with E-state index in [9.17, 15) is 4.79 Å². The molecular formula is C13H15N3O3. The fourth-order valence-electron chi connectivity index (χ4n) is 1.62. The Balaban J connectivity index is 2.06. The van der Waals surface area contributed by atoms with E-state index < -0.39 is 5.97 Å². The summed E-state index contributed by atoms with van der Waals surface area (Å²) in [6.45, 7) is 3.10. The average Bonchev–Trinajstić information content (AvgIpc) is 2.86. The number of hydrogen-bond acceptors (Lipinski definition) is 4. The second-order valence-electron chi connectivity index (χ2n) is 4.07. The van der Waals surface area contributed by atoms with Crippen LogP contribution in [-0.2, 0) is 6.54 Å². The number of aromatic nitrogens is 3. The highest BCUT2D eigenvalue weighted by Gasteiger charge is 2.11. The third-order valence-corrected chi connectivity index (χ3v) is 2.57. The number of rotatable bonds is 6. The highest BCUT2D eigenvalue weighted by molar-refractivity contribution is 5.85. The van der Waals surface area contributed by atoms with E-state index in [1.54, 1.807) is 0 Å². The summed E-state index contributed by atoms with van der Waals surface area (Å²) in [7, 11) is 0. The minimum absolute atomic E-state index is 0.0753. The molecule has 6 heteroatoms. The molecule has 100 valence electrons. The van der Waals surface area contributed by atoms with E-state index in [2.05, 4.69) is 10.3 Å². The van der Waals surface area contributed by atoms with Gasteiger partial charge in [0.25, 0.3) is 0 Å². The standard InChI is InChI=1S/C13H15N3O3/c1-2-7-19-11-5-3-10(4-6-11)9-16-12(13(17)18)8-14-15-16/h3-6,8H,2,7,9H2,1H3,(H,17,18). The molecule has 0 aliphatic carbocycles. The second kappa shape index (κ2) is 5.99. The first-order valence-corrected chi connectivity index (χ1v) is 6.04. The third kappa shape index (κ3) is 3.31. The molecule has 2 rings (SSSR count). The lowest BCUT2D eigenvalue weighted by Gasteiger charge is -2.06. The van der Waals surface area contributed by atoms with Crippen molar-refractivity contribution < 1.29 is 14.6 Å². The van der Waals surface area contributed by atoms with Crippen LogP contribution in [0, 0.1) is 0 Å². The normalized spacial score (nSPS) is 10.4. The van der Waals surface area contributed by atoms with Gasteiger partial charge in [0.1, 0.15) is 5.75 Å². The predicted molar refractivity (Wildman–Crippen MR) is 68.3 cm³/mol. The van der Waals surface area contributed by atoms with E-state index in [4.69, 9.17) is 9.84 Å². The first-order chi connectivity index (χ1) is 9.20. The van der Waals surface area contributed by atoms with Gasteiger partial charge in [-0.25, -0.2) is 9.48 Å². The number of carboxylic acids is 1. The van der Waals surface area contributed by atoms with Crippen molar-refractivity contribution >= 4 is 5.97 Å². The van der Waals surface area contributed by atoms with Gasteiger partial charge in [0.05, 0.1) is 19.3 Å². The van der Waals surface area contributed by atoms with Crippen LogP contribution < -0.4 is 4.74 Å². The Bertz CT molecular complexity index is 549. The van der Waals surface area contributed by atoms with Gasteiger partial charge in [-0.3, -0.25) is 0 Å². The lowest BCUT2D eigenvalue weighted by Crippen LogP contribution is -2.10. The molecule has 0 amide bonds. The molecule has 19 heavy (non-hydrogen) atoms. The highest BCUT2D eigenvalue weighted by atomic mass is 16.5. The molecule has 0 saturated carbocycles. The van der Waals surface area contributed by atoms with E-state index in [0.717, 1.165) is 17.7 Å². The smallest absolute Gasteiger partial charge is 0.355 e. The second-order valence-corrected chi connectivity index (χ2v) is 4.07. The van der Waals surface area contributed by atoms with Crippen LogP contribution in [0.1, 0.15) is 29.4 Å². The molecular weight excluding hydrogens is 246 g/mol. The van der Waals surface area contributed by atoms with Crippen molar-refractivity contribution in [3.8, 4) is 5.75 Å². The maximum atomic E-state index is 10.9. The summed E-state index contributed by atoms with van der Waals surface area (Å²) < 4.78 is 6.83. The first-order valence-electron chi connectivity index (χ1n) is 6.04. The van der Waals surface area contributed by atoms with E-state index >= 15 is 0 Å². The molecule has 1 aromatic carbocycles. The van der Waals surface area contributed by atoms with Crippen molar-refractivity contribution in [2.45, 2.75) is 19.9 Å². The zero-order valence-corrected chi connectivity index (χ0v) is 10.6. The van der Waals surface area contributed by atoms with Gasteiger partial charge in [-0.1, -0.05) is 24.3 Å². The fourth-order valence-corrected chi connectivity index (χ4v) is 1.62. The lowest BCUT2D eigenvalue weighted by molar-refractivity contribution is 0.0684. The number of aromatic carboxylic acids is 1. The van der Waals surface area contributed by atoms with Crippen LogP contribution in [0.5, 0.6) is 5.75 Å². The molecule has 1 heterocycles. The number of hydrogen-bond donors (Lipinski definition) is 1. The molecule has 0 radical (unpaired) electrons. The summed E-state index contributed by atoms with van der Waals surface area (Å²) in [6.07, 6.45) is 2.20. The van der Waals surface area contributed by atoms with Gasteiger partial charge in [-0.2, -0.15) is 0 Å². The molecule has 0 aliphatic rings. The van der Waals surface area contributed by atoms with Crippen molar-refractivity contribution in [3.63, 3.8) is 0 Å². The molecule has 6 nitrogen and oxygen atoms in total. The summed E-state index contributed by atoms with van der Waals surface area (Å²) in [5.41, 5.74) is 1.02. The number of carboxylic acid groups (broad SMARTS) is 1. The maximum absolute atomic E-state index is 10.9. The average molecular weight is 261 g/mol. The SMILES string of the molecule is CCCOc1ccc(Cn2nncc2C(=O)O)cc1. The fraction of sp³-hybridized carbons (Fsp3) is 0.308. The molecule has 0 unspecified atom stereocenters. The summed E-state index contributed by atoms with van der Waals surface area (Å²) in [6, 6.07) is 7.50. The molecule has 2 aromatic rings. The minimum atomic E-state index is -1.03. The molecule has 0 aliphatic heterocycles. The van der Waals surface area contributed by atoms with Crippen LogP contribution >= 0.6 is 0 Å². The maximum Gasteiger partial charge on any atom is 0.355 e. The van der Waals surface area contributed by atoms with E-state index in [0.29, 0.717) is 13.2 Å². The number of ether oxygens (including phenoxy) is 1. The Labute approximate surface area is 110 Å². The Morgan fingerprint density at radius 3 is 2.74 bits per heavy atom. The molecule has 0 fully saturated rings. The van der Waals surface area contributed by atoms with Gasteiger partial charge in [-0.15, -0.1) is 5.10 Å². The third-order valence-electron chi connectivity index (χ3n) is 2.57. The van der Waals surface area contributed by atoms with Gasteiger partial charge in [0.2, 0.25) is 0 Å². The van der Waals surface area contributed by atoms with Crippen molar-refractivity contribution in [1.29, 1.82) is 0 Å². The Morgan fingerprint density at radius 1 is 1.37 bits per heavy atom. The Kier molecular flexibility index (Phi) is 4.12. The number of carbonyl (C=O) groups is 1. The van der Waals surface area contributed by atoms with Crippen molar-refractivity contribution in [2.75, 3.05) is 6.61 Å². The van der Waals surface area contributed by atoms with Crippen molar-refractivity contribution in [3.05, 3.63) is 41.7 Å². The molecule has 1 N–H and O–H groups in total. The van der Waals surface area contributed by atoms with Crippen LogP contribution in [0.2, 0.25) is 0 Å². The molecule has 1 aromatic heterocycles. The molecule has 0 bridgehead atoms. The zero-order valence-electron chi connectivity index (χ0n) is 10.6. The predicted octanol–water partition coefficient (Wildman–Crippen LogP) is 1.81. The summed E-state index contributed by atoms with van der Waals surface area (Å²) >= 11 is 0. The largest absolute Gasteiger partial charge is 0.494 e. The summed E-state index contributed by atoms with van der Waals surface area (Å²) in [4.78, 5) is 10.9. The lowest BCUT2D eigenvalue weighted by atomic mass is 10.2. The van der Waals surface area contributed by atoms with Crippen LogP contribution in [0.3, 0.4) is 0 Å². The van der Waals surface area contributed by atoms with Crippen molar-refractivity contribution in [1.82, 2.24) is 15.0 Å². The summed E-state index contributed by atoms with van der Waals surface area (Å²) in [5.74, 6) is -0.226. The Morgan fingerprint density at radius 2 is 2.11 bits per heavy atom. The van der Waals surface area contributed by atoms with Crippen LogP contribution in [0.25, 0.3) is 0 Å². The topological polar surface area (TPSA) is 77.2 Å². The van der Waals surface area contributed by atoms with Gasteiger partial charge in [0, 0.05) is 0 Å². The molecule has 0 spiro atoms. The molecule has 0 saturated heterocycles. The van der Waals surface area contributed by atoms with Gasteiger partial charge >= 0.3 is 5.97 Å². The van der Waals surface area contributed by atoms with Gasteiger partial charge in [-0.05, 0) is 24.1 Å². The zero-order chi connectivity index (χ0) is 13.7. The Hall–Kier alpha value is -2.37. The molecule has 0 atom stereocenters. The van der Waals surface area contributed by atoms with Crippen LogP contribution in [0.4, 0.5) is 0 Å². The van der Waals surface area contributed by atoms with Crippen LogP contribution in [-0.4, -0.2) is 32.7 Å². The number of benzene rings is 1. The van der Waals surface area contributed by atoms with E-state index in [-0.39, 0.29) is 5.69 Å². The van der Waals surface area contributed by atoms with E-state index in [1.165, 1.54) is 10.9 Å². The quantitative estimate of drug-likeness (QED) is 0.858. The first kappa shape index (κ1) is 13.1. The number of nitrogens with zero attached hydrogens (tertiary/aromatic N) is 3. The van der Waals surface area contributed by atoms with Gasteiger partial charge in [0.15, 0.2) is 5.69 Å². The minimum Gasteiger partial charge on any atom is -0.494 e. The van der Waals surface area contributed by atoms with Crippen LogP contribution in [0.15, 0.2) is 30.5 Å². The van der Waals surface area contributed by atoms with E-state index in [1.807, 2.05) is 31.2 Å².